The van der Waals surface area contributed by atoms with Gasteiger partial charge >= 0.3 is 0 Å². The number of rotatable bonds is 6. The molecule has 1 saturated carbocycles. The van der Waals surface area contributed by atoms with Gasteiger partial charge in [-0.25, -0.2) is 4.39 Å². The van der Waals surface area contributed by atoms with Crippen LogP contribution in [0.15, 0.2) is 48.8 Å². The number of halogens is 1. The first-order valence-corrected chi connectivity index (χ1v) is 8.47. The molecular formula is C19H22FN3O2. The van der Waals surface area contributed by atoms with Crippen LogP contribution < -0.4 is 5.32 Å². The predicted octanol–water partition coefficient (Wildman–Crippen LogP) is 2.38. The first-order valence-electron chi connectivity index (χ1n) is 8.47. The van der Waals surface area contributed by atoms with Crippen molar-refractivity contribution < 1.29 is 14.3 Å². The summed E-state index contributed by atoms with van der Waals surface area (Å²) in [6.45, 7) is 0.746. The van der Waals surface area contributed by atoms with Crippen LogP contribution in [0.1, 0.15) is 24.8 Å². The van der Waals surface area contributed by atoms with Gasteiger partial charge in [0.1, 0.15) is 5.82 Å². The van der Waals surface area contributed by atoms with Gasteiger partial charge in [-0.3, -0.25) is 9.48 Å². The van der Waals surface area contributed by atoms with Crippen LogP contribution in [0.3, 0.4) is 0 Å². The number of aliphatic hydroxyl groups excluding tert-OH is 1. The minimum atomic E-state index is -0.531. The normalized spacial score (nSPS) is 23.2. The maximum absolute atomic E-state index is 13.1. The third-order valence-electron chi connectivity index (χ3n) is 4.44. The van der Waals surface area contributed by atoms with Gasteiger partial charge in [0.2, 0.25) is 5.91 Å². The Morgan fingerprint density at radius 1 is 1.40 bits per heavy atom. The second-order valence-corrected chi connectivity index (χ2v) is 6.47. The van der Waals surface area contributed by atoms with Crippen molar-refractivity contribution in [3.05, 3.63) is 60.2 Å². The van der Waals surface area contributed by atoms with Crippen LogP contribution in [0.4, 0.5) is 4.39 Å². The quantitative estimate of drug-likeness (QED) is 0.846. The molecule has 5 nitrogen and oxygen atoms in total. The zero-order chi connectivity index (χ0) is 17.6. The van der Waals surface area contributed by atoms with Gasteiger partial charge in [-0.05, 0) is 42.5 Å². The highest BCUT2D eigenvalue weighted by Gasteiger charge is 2.33. The minimum Gasteiger partial charge on any atom is -0.391 e. The smallest absolute Gasteiger partial charge is 0.224 e. The molecule has 1 fully saturated rings. The molecule has 1 aliphatic rings. The lowest BCUT2D eigenvalue weighted by atomic mass is 10.1. The predicted molar refractivity (Wildman–Crippen MR) is 92.9 cm³/mol. The largest absolute Gasteiger partial charge is 0.391 e. The summed E-state index contributed by atoms with van der Waals surface area (Å²) in [5.41, 5.74) is 0.716. The summed E-state index contributed by atoms with van der Waals surface area (Å²) in [6, 6.07) is 7.84. The molecule has 0 aliphatic heterocycles. The van der Waals surface area contributed by atoms with E-state index in [1.54, 1.807) is 30.5 Å². The third kappa shape index (κ3) is 5.00. The Morgan fingerprint density at radius 2 is 2.28 bits per heavy atom. The first kappa shape index (κ1) is 17.4. The second-order valence-electron chi connectivity index (χ2n) is 6.47. The number of hydrogen-bond acceptors (Lipinski definition) is 3. The molecule has 3 rings (SSSR count). The van der Waals surface area contributed by atoms with Crippen molar-refractivity contribution in [3.63, 3.8) is 0 Å². The highest BCUT2D eigenvalue weighted by Crippen LogP contribution is 2.27. The molecule has 0 saturated heterocycles. The van der Waals surface area contributed by atoms with Crippen LogP contribution >= 0.6 is 0 Å². The molecule has 1 amide bonds. The van der Waals surface area contributed by atoms with Crippen LogP contribution in [0.2, 0.25) is 0 Å². The molecule has 25 heavy (non-hydrogen) atoms. The number of amides is 1. The van der Waals surface area contributed by atoms with Gasteiger partial charge in [-0.15, -0.1) is 0 Å². The molecule has 132 valence electrons. The van der Waals surface area contributed by atoms with Crippen molar-refractivity contribution in [2.45, 2.75) is 38.0 Å². The zero-order valence-corrected chi connectivity index (χ0v) is 13.9. The number of nitrogens with zero attached hydrogens (tertiary/aromatic N) is 2. The van der Waals surface area contributed by atoms with E-state index in [1.165, 1.54) is 12.1 Å². The maximum atomic E-state index is 13.1. The van der Waals surface area contributed by atoms with Crippen LogP contribution in [0.25, 0.3) is 6.08 Å². The standard InChI is InChI=1S/C19H22FN3O2/c20-16-6-1-4-14(10-16)5-2-7-19(25)22-17-11-15(12-18(17)24)13-23-9-3-8-21-23/h1-6,8-10,15,17-18,24H,7,11-13H2,(H,22,25)/b5-2+/t15?,17-,18-/m1/s1. The Morgan fingerprint density at radius 3 is 3.04 bits per heavy atom. The number of nitrogens with one attached hydrogen (secondary N) is 1. The first-order chi connectivity index (χ1) is 12.1. The average Bonchev–Trinajstić information content (AvgIpc) is 3.18. The highest BCUT2D eigenvalue weighted by molar-refractivity contribution is 5.78. The minimum absolute atomic E-state index is 0.142. The monoisotopic (exact) mass is 343 g/mol. The van der Waals surface area contributed by atoms with Crippen molar-refractivity contribution >= 4 is 12.0 Å². The van der Waals surface area contributed by atoms with Gasteiger partial charge in [-0.1, -0.05) is 24.3 Å². The lowest BCUT2D eigenvalue weighted by Gasteiger charge is -2.15. The highest BCUT2D eigenvalue weighted by atomic mass is 19.1. The van der Waals surface area contributed by atoms with Crippen LogP contribution in [-0.4, -0.2) is 32.9 Å². The molecule has 1 heterocycles. The number of hydrogen-bond donors (Lipinski definition) is 2. The molecule has 0 bridgehead atoms. The van der Waals surface area contributed by atoms with Crippen molar-refractivity contribution in [1.82, 2.24) is 15.1 Å². The molecule has 1 unspecified atom stereocenters. The van der Waals surface area contributed by atoms with E-state index in [9.17, 15) is 14.3 Å². The van der Waals surface area contributed by atoms with Crippen LogP contribution in [-0.2, 0) is 11.3 Å². The molecular weight excluding hydrogens is 321 g/mol. The lowest BCUT2D eigenvalue weighted by Crippen LogP contribution is -2.39. The zero-order valence-electron chi connectivity index (χ0n) is 13.9. The molecule has 3 atom stereocenters. The fourth-order valence-electron chi connectivity index (χ4n) is 3.27. The van der Waals surface area contributed by atoms with Crippen molar-refractivity contribution in [3.8, 4) is 0 Å². The van der Waals surface area contributed by atoms with Gasteiger partial charge in [0.15, 0.2) is 0 Å². The molecule has 1 aromatic heterocycles. The summed E-state index contributed by atoms with van der Waals surface area (Å²) in [6.07, 6.45) is 8.11. The van der Waals surface area contributed by atoms with E-state index in [-0.39, 0.29) is 24.2 Å². The van der Waals surface area contributed by atoms with E-state index in [0.29, 0.717) is 17.9 Å². The van der Waals surface area contributed by atoms with E-state index in [0.717, 1.165) is 13.0 Å². The lowest BCUT2D eigenvalue weighted by molar-refractivity contribution is -0.121. The van der Waals surface area contributed by atoms with Gasteiger partial charge in [0, 0.05) is 25.4 Å². The third-order valence-corrected chi connectivity index (χ3v) is 4.44. The summed E-state index contributed by atoms with van der Waals surface area (Å²) < 4.78 is 14.9. The summed E-state index contributed by atoms with van der Waals surface area (Å²) in [5.74, 6) is -0.150. The topological polar surface area (TPSA) is 67.2 Å². The van der Waals surface area contributed by atoms with E-state index in [2.05, 4.69) is 10.4 Å². The number of carbonyl (C=O) groups excluding carboxylic acids is 1. The average molecular weight is 343 g/mol. The molecule has 2 aromatic rings. The SMILES string of the molecule is O=C(C/C=C/c1cccc(F)c1)N[C@@H]1CC(Cn2cccn2)C[C@H]1O. The summed E-state index contributed by atoms with van der Waals surface area (Å²) in [7, 11) is 0. The summed E-state index contributed by atoms with van der Waals surface area (Å²) in [5, 5.41) is 17.2. The fraction of sp³-hybridized carbons (Fsp3) is 0.368. The molecule has 0 spiro atoms. The van der Waals surface area contributed by atoms with Crippen molar-refractivity contribution in [1.29, 1.82) is 0 Å². The molecule has 0 radical (unpaired) electrons. The number of aromatic nitrogens is 2. The molecule has 6 heteroatoms. The molecule has 1 aromatic carbocycles. The Hall–Kier alpha value is -2.47. The van der Waals surface area contributed by atoms with Gasteiger partial charge in [0.25, 0.3) is 0 Å². The van der Waals surface area contributed by atoms with Crippen LogP contribution in [0.5, 0.6) is 0 Å². The summed E-state index contributed by atoms with van der Waals surface area (Å²) in [4.78, 5) is 12.1. The van der Waals surface area contributed by atoms with E-state index >= 15 is 0 Å². The Balaban J connectivity index is 1.46. The number of carbonyl (C=O) groups is 1. The van der Waals surface area contributed by atoms with Crippen molar-refractivity contribution in [2.75, 3.05) is 0 Å². The number of aliphatic hydroxyl groups is 1. The van der Waals surface area contributed by atoms with E-state index in [1.807, 2.05) is 16.9 Å². The Labute approximate surface area is 146 Å². The van der Waals surface area contributed by atoms with E-state index < -0.39 is 6.10 Å². The van der Waals surface area contributed by atoms with Crippen LogP contribution in [0, 0.1) is 11.7 Å². The molecule has 2 N–H and O–H groups in total. The summed E-state index contributed by atoms with van der Waals surface area (Å²) >= 11 is 0. The van der Waals surface area contributed by atoms with Crippen molar-refractivity contribution in [2.24, 2.45) is 5.92 Å². The van der Waals surface area contributed by atoms with Gasteiger partial charge in [0.05, 0.1) is 12.1 Å². The Kier molecular flexibility index (Phi) is 5.60. The molecule has 1 aliphatic carbocycles. The van der Waals surface area contributed by atoms with E-state index in [4.69, 9.17) is 0 Å². The van der Waals surface area contributed by atoms with Gasteiger partial charge in [-0.2, -0.15) is 5.10 Å². The second kappa shape index (κ2) is 8.07. The maximum Gasteiger partial charge on any atom is 0.224 e. The Bertz CT molecular complexity index is 730. The van der Waals surface area contributed by atoms with Gasteiger partial charge < -0.3 is 10.4 Å². The number of benzene rings is 1. The fourth-order valence-corrected chi connectivity index (χ4v) is 3.27.